The summed E-state index contributed by atoms with van der Waals surface area (Å²) in [6.45, 7) is 4.29. The highest BCUT2D eigenvalue weighted by atomic mass is 16.5. The smallest absolute Gasteiger partial charge is 0.257 e. The molecule has 0 unspecified atom stereocenters. The normalized spacial score (nSPS) is 10.5. The fourth-order valence-corrected chi connectivity index (χ4v) is 3.00. The second-order valence-electron chi connectivity index (χ2n) is 6.85. The van der Waals surface area contributed by atoms with Gasteiger partial charge in [-0.1, -0.05) is 32.0 Å². The second kappa shape index (κ2) is 9.10. The van der Waals surface area contributed by atoms with E-state index in [2.05, 4.69) is 35.5 Å². The van der Waals surface area contributed by atoms with Crippen LogP contribution >= 0.6 is 0 Å². The number of aromatic nitrogens is 1. The van der Waals surface area contributed by atoms with Gasteiger partial charge in [-0.3, -0.25) is 9.78 Å². The largest absolute Gasteiger partial charge is 0.497 e. The number of hydrogen-bond donors (Lipinski definition) is 2. The maximum absolute atomic E-state index is 12.8. The van der Waals surface area contributed by atoms with Crippen molar-refractivity contribution < 1.29 is 14.3 Å². The molecule has 0 bridgehead atoms. The molecule has 0 aliphatic heterocycles. The number of nitrogens with zero attached hydrogens (tertiary/aromatic N) is 1. The third-order valence-corrected chi connectivity index (χ3v) is 4.52. The molecule has 2 N–H and O–H groups in total. The lowest BCUT2D eigenvalue weighted by molar-refractivity contribution is 0.102. The predicted octanol–water partition coefficient (Wildman–Crippen LogP) is 5.22. The minimum Gasteiger partial charge on any atom is -0.497 e. The molecule has 1 heterocycles. The lowest BCUT2D eigenvalue weighted by atomic mass is 10.0. The Balaban J connectivity index is 1.80. The zero-order valence-electron chi connectivity index (χ0n) is 17.0. The van der Waals surface area contributed by atoms with Crippen molar-refractivity contribution in [2.24, 2.45) is 0 Å². The number of carbonyl (C=O) groups is 1. The summed E-state index contributed by atoms with van der Waals surface area (Å²) >= 11 is 0. The zero-order valence-corrected chi connectivity index (χ0v) is 17.0. The second-order valence-corrected chi connectivity index (χ2v) is 6.85. The fourth-order valence-electron chi connectivity index (χ4n) is 3.00. The van der Waals surface area contributed by atoms with Crippen LogP contribution < -0.4 is 20.1 Å². The molecule has 3 aromatic rings. The van der Waals surface area contributed by atoms with Crippen LogP contribution in [0.15, 0.2) is 60.9 Å². The Morgan fingerprint density at radius 3 is 2.48 bits per heavy atom. The Hall–Kier alpha value is -3.54. The molecule has 2 aromatic carbocycles. The van der Waals surface area contributed by atoms with Crippen LogP contribution in [-0.4, -0.2) is 25.1 Å². The Morgan fingerprint density at radius 2 is 1.76 bits per heavy atom. The molecule has 0 saturated carbocycles. The summed E-state index contributed by atoms with van der Waals surface area (Å²) in [5, 5.41) is 6.23. The SMILES string of the molecule is COc1ccc(NC(=O)c2cncc(Nc3ccccc3C(C)C)c2)c(OC)c1. The summed E-state index contributed by atoms with van der Waals surface area (Å²) in [5.74, 6) is 1.27. The van der Waals surface area contributed by atoms with Crippen LogP contribution in [0.25, 0.3) is 0 Å². The Morgan fingerprint density at radius 1 is 0.966 bits per heavy atom. The van der Waals surface area contributed by atoms with Gasteiger partial charge < -0.3 is 20.1 Å². The van der Waals surface area contributed by atoms with Crippen LogP contribution in [-0.2, 0) is 0 Å². The topological polar surface area (TPSA) is 72.5 Å². The number of ether oxygens (including phenoxy) is 2. The van der Waals surface area contributed by atoms with Crippen LogP contribution in [0, 0.1) is 0 Å². The number of para-hydroxylation sites is 1. The molecular formula is C23H25N3O3. The zero-order chi connectivity index (χ0) is 20.8. The van der Waals surface area contributed by atoms with E-state index in [0.717, 1.165) is 11.4 Å². The van der Waals surface area contributed by atoms with Gasteiger partial charge in [-0.05, 0) is 35.7 Å². The van der Waals surface area contributed by atoms with Crippen molar-refractivity contribution in [2.75, 3.05) is 24.9 Å². The number of rotatable bonds is 7. The van der Waals surface area contributed by atoms with Crippen molar-refractivity contribution in [1.29, 1.82) is 0 Å². The van der Waals surface area contributed by atoms with E-state index in [4.69, 9.17) is 9.47 Å². The highest BCUT2D eigenvalue weighted by molar-refractivity contribution is 6.05. The van der Waals surface area contributed by atoms with Crippen LogP contribution in [0.1, 0.15) is 35.7 Å². The van der Waals surface area contributed by atoms with Gasteiger partial charge in [-0.2, -0.15) is 0 Å². The lowest BCUT2D eigenvalue weighted by Gasteiger charge is -2.15. The quantitative estimate of drug-likeness (QED) is 0.578. The lowest BCUT2D eigenvalue weighted by Crippen LogP contribution is -2.13. The number of benzene rings is 2. The first kappa shape index (κ1) is 20.2. The number of pyridine rings is 1. The van der Waals surface area contributed by atoms with Crippen LogP contribution in [0.4, 0.5) is 17.1 Å². The molecule has 0 fully saturated rings. The van der Waals surface area contributed by atoms with Crippen molar-refractivity contribution in [3.05, 3.63) is 72.1 Å². The molecule has 1 aromatic heterocycles. The monoisotopic (exact) mass is 391 g/mol. The van der Waals surface area contributed by atoms with Crippen LogP contribution in [0.5, 0.6) is 11.5 Å². The summed E-state index contributed by atoms with van der Waals surface area (Å²) in [7, 11) is 3.12. The molecule has 1 amide bonds. The third kappa shape index (κ3) is 4.85. The summed E-state index contributed by atoms with van der Waals surface area (Å²) in [6, 6.07) is 15.1. The minimum atomic E-state index is -0.276. The third-order valence-electron chi connectivity index (χ3n) is 4.52. The number of hydrogen-bond acceptors (Lipinski definition) is 5. The fraction of sp³-hybridized carbons (Fsp3) is 0.217. The van der Waals surface area contributed by atoms with Gasteiger partial charge >= 0.3 is 0 Å². The van der Waals surface area contributed by atoms with Gasteiger partial charge in [0.25, 0.3) is 5.91 Å². The number of carbonyl (C=O) groups excluding carboxylic acids is 1. The average molecular weight is 391 g/mol. The molecule has 0 radical (unpaired) electrons. The number of methoxy groups -OCH3 is 2. The molecule has 6 heteroatoms. The van der Waals surface area contributed by atoms with Crippen LogP contribution in [0.3, 0.4) is 0 Å². The molecule has 6 nitrogen and oxygen atoms in total. The standard InChI is InChI=1S/C23H25N3O3/c1-15(2)19-7-5-6-8-20(19)25-17-11-16(13-24-14-17)23(27)26-21-10-9-18(28-3)12-22(21)29-4/h5-15,25H,1-4H3,(H,26,27). The van der Waals surface area contributed by atoms with Gasteiger partial charge in [0.05, 0.1) is 37.4 Å². The van der Waals surface area contributed by atoms with Crippen molar-refractivity contribution >= 4 is 23.0 Å². The minimum absolute atomic E-state index is 0.276. The van der Waals surface area contributed by atoms with Crippen molar-refractivity contribution in [3.63, 3.8) is 0 Å². The molecule has 0 saturated heterocycles. The Kier molecular flexibility index (Phi) is 6.34. The predicted molar refractivity (Wildman–Crippen MR) is 116 cm³/mol. The van der Waals surface area contributed by atoms with E-state index in [9.17, 15) is 4.79 Å². The first-order chi connectivity index (χ1) is 14.0. The van der Waals surface area contributed by atoms with E-state index in [-0.39, 0.29) is 5.91 Å². The number of anilines is 3. The van der Waals surface area contributed by atoms with E-state index < -0.39 is 0 Å². The van der Waals surface area contributed by atoms with Gasteiger partial charge in [0.2, 0.25) is 0 Å². The van der Waals surface area contributed by atoms with Gasteiger partial charge in [0, 0.05) is 18.0 Å². The average Bonchev–Trinajstić information content (AvgIpc) is 2.74. The molecule has 3 rings (SSSR count). The highest BCUT2D eigenvalue weighted by Gasteiger charge is 2.13. The number of amides is 1. The van der Waals surface area contributed by atoms with E-state index in [1.165, 1.54) is 11.8 Å². The van der Waals surface area contributed by atoms with E-state index in [0.29, 0.717) is 28.7 Å². The van der Waals surface area contributed by atoms with E-state index in [1.54, 1.807) is 44.7 Å². The molecule has 150 valence electrons. The van der Waals surface area contributed by atoms with Gasteiger partial charge in [-0.25, -0.2) is 0 Å². The summed E-state index contributed by atoms with van der Waals surface area (Å²) in [6.07, 6.45) is 3.23. The summed E-state index contributed by atoms with van der Waals surface area (Å²) in [4.78, 5) is 17.0. The maximum Gasteiger partial charge on any atom is 0.257 e. The van der Waals surface area contributed by atoms with Crippen molar-refractivity contribution in [1.82, 2.24) is 4.98 Å². The van der Waals surface area contributed by atoms with E-state index >= 15 is 0 Å². The molecule has 0 aliphatic carbocycles. The number of nitrogens with one attached hydrogen (secondary N) is 2. The molecular weight excluding hydrogens is 366 g/mol. The van der Waals surface area contributed by atoms with Crippen LogP contribution in [0.2, 0.25) is 0 Å². The molecule has 0 aliphatic rings. The molecule has 0 spiro atoms. The maximum atomic E-state index is 12.8. The van der Waals surface area contributed by atoms with Gasteiger partial charge in [0.15, 0.2) is 0 Å². The summed E-state index contributed by atoms with van der Waals surface area (Å²) in [5.41, 5.74) is 3.94. The molecule has 0 atom stereocenters. The van der Waals surface area contributed by atoms with Gasteiger partial charge in [-0.15, -0.1) is 0 Å². The Labute approximate surface area is 170 Å². The first-order valence-corrected chi connectivity index (χ1v) is 9.36. The van der Waals surface area contributed by atoms with Crippen molar-refractivity contribution in [3.8, 4) is 11.5 Å². The summed E-state index contributed by atoms with van der Waals surface area (Å²) < 4.78 is 10.5. The Bertz CT molecular complexity index is 1000. The highest BCUT2D eigenvalue weighted by Crippen LogP contribution is 2.30. The van der Waals surface area contributed by atoms with Gasteiger partial charge in [0.1, 0.15) is 11.5 Å². The molecule has 29 heavy (non-hydrogen) atoms. The first-order valence-electron chi connectivity index (χ1n) is 9.36. The van der Waals surface area contributed by atoms with E-state index in [1.807, 2.05) is 18.2 Å². The van der Waals surface area contributed by atoms with Crippen molar-refractivity contribution in [2.45, 2.75) is 19.8 Å².